The van der Waals surface area contributed by atoms with Crippen molar-refractivity contribution in [2.24, 2.45) is 11.7 Å². The molecule has 0 saturated heterocycles. The Hall–Kier alpha value is -1.22. The zero-order valence-electron chi connectivity index (χ0n) is 10.8. The molecule has 94 valence electrons. The SMILES string of the molecule is COc1cccc(OC)c1C1(N)CCC(C)C1. The second-order valence-electron chi connectivity index (χ2n) is 5.04. The van der Waals surface area contributed by atoms with Gasteiger partial charge in [0.05, 0.1) is 19.8 Å². The smallest absolute Gasteiger partial charge is 0.127 e. The fourth-order valence-corrected chi connectivity index (χ4v) is 2.90. The number of hydrogen-bond acceptors (Lipinski definition) is 3. The molecule has 0 spiro atoms. The van der Waals surface area contributed by atoms with Gasteiger partial charge in [0, 0.05) is 5.54 Å². The largest absolute Gasteiger partial charge is 0.496 e. The van der Waals surface area contributed by atoms with Crippen molar-refractivity contribution in [3.63, 3.8) is 0 Å². The highest BCUT2D eigenvalue weighted by molar-refractivity contribution is 5.49. The predicted molar refractivity (Wildman–Crippen MR) is 68.4 cm³/mol. The van der Waals surface area contributed by atoms with Crippen LogP contribution in [0.25, 0.3) is 0 Å². The van der Waals surface area contributed by atoms with Crippen LogP contribution in [0.3, 0.4) is 0 Å². The molecule has 0 amide bonds. The van der Waals surface area contributed by atoms with Crippen LogP contribution in [0.2, 0.25) is 0 Å². The Balaban J connectivity index is 2.49. The Labute approximate surface area is 103 Å². The van der Waals surface area contributed by atoms with Gasteiger partial charge in [-0.3, -0.25) is 0 Å². The van der Waals surface area contributed by atoms with Crippen LogP contribution in [0.15, 0.2) is 18.2 Å². The van der Waals surface area contributed by atoms with Crippen molar-refractivity contribution in [2.75, 3.05) is 14.2 Å². The Morgan fingerprint density at radius 1 is 1.24 bits per heavy atom. The molecular formula is C14H21NO2. The van der Waals surface area contributed by atoms with Gasteiger partial charge in [-0.2, -0.15) is 0 Å². The molecule has 1 aliphatic carbocycles. The van der Waals surface area contributed by atoms with Gasteiger partial charge in [-0.05, 0) is 37.3 Å². The van der Waals surface area contributed by atoms with Crippen molar-refractivity contribution < 1.29 is 9.47 Å². The fourth-order valence-electron chi connectivity index (χ4n) is 2.90. The average molecular weight is 235 g/mol. The molecule has 2 unspecified atom stereocenters. The highest BCUT2D eigenvalue weighted by atomic mass is 16.5. The number of rotatable bonds is 3. The van der Waals surface area contributed by atoms with E-state index in [4.69, 9.17) is 15.2 Å². The van der Waals surface area contributed by atoms with Crippen LogP contribution in [-0.4, -0.2) is 14.2 Å². The Morgan fingerprint density at radius 2 is 1.82 bits per heavy atom. The molecular weight excluding hydrogens is 214 g/mol. The second kappa shape index (κ2) is 4.57. The van der Waals surface area contributed by atoms with Crippen LogP contribution in [0.1, 0.15) is 31.7 Å². The average Bonchev–Trinajstić information content (AvgIpc) is 2.69. The number of ether oxygens (including phenoxy) is 2. The van der Waals surface area contributed by atoms with E-state index in [9.17, 15) is 0 Å². The molecule has 2 N–H and O–H groups in total. The van der Waals surface area contributed by atoms with Crippen molar-refractivity contribution in [1.29, 1.82) is 0 Å². The molecule has 0 aliphatic heterocycles. The van der Waals surface area contributed by atoms with E-state index in [0.717, 1.165) is 36.3 Å². The molecule has 1 aliphatic rings. The molecule has 2 atom stereocenters. The maximum absolute atomic E-state index is 6.56. The minimum Gasteiger partial charge on any atom is -0.496 e. The summed E-state index contributed by atoms with van der Waals surface area (Å²) in [6, 6.07) is 5.84. The number of methoxy groups -OCH3 is 2. The summed E-state index contributed by atoms with van der Waals surface area (Å²) < 4.78 is 10.9. The molecule has 3 heteroatoms. The van der Waals surface area contributed by atoms with Gasteiger partial charge in [0.15, 0.2) is 0 Å². The van der Waals surface area contributed by atoms with E-state index < -0.39 is 0 Å². The summed E-state index contributed by atoms with van der Waals surface area (Å²) >= 11 is 0. The third kappa shape index (κ3) is 2.12. The summed E-state index contributed by atoms with van der Waals surface area (Å²) in [6.07, 6.45) is 3.15. The zero-order chi connectivity index (χ0) is 12.5. The topological polar surface area (TPSA) is 44.5 Å². The first-order valence-corrected chi connectivity index (χ1v) is 6.11. The Kier molecular flexibility index (Phi) is 3.29. The Morgan fingerprint density at radius 3 is 2.24 bits per heavy atom. The van der Waals surface area contributed by atoms with E-state index in [0.29, 0.717) is 5.92 Å². The maximum Gasteiger partial charge on any atom is 0.127 e. The highest BCUT2D eigenvalue weighted by Crippen LogP contribution is 2.46. The summed E-state index contributed by atoms with van der Waals surface area (Å²) in [7, 11) is 3.36. The van der Waals surface area contributed by atoms with Crippen LogP contribution in [-0.2, 0) is 5.54 Å². The lowest BCUT2D eigenvalue weighted by Crippen LogP contribution is -2.34. The van der Waals surface area contributed by atoms with E-state index in [1.54, 1.807) is 14.2 Å². The van der Waals surface area contributed by atoms with Gasteiger partial charge >= 0.3 is 0 Å². The minimum absolute atomic E-state index is 0.308. The van der Waals surface area contributed by atoms with Crippen molar-refractivity contribution >= 4 is 0 Å². The lowest BCUT2D eigenvalue weighted by molar-refractivity contribution is 0.344. The van der Waals surface area contributed by atoms with Crippen LogP contribution < -0.4 is 15.2 Å². The molecule has 1 saturated carbocycles. The summed E-state index contributed by atoms with van der Waals surface area (Å²) in [5.41, 5.74) is 7.28. The van der Waals surface area contributed by atoms with Gasteiger partial charge in [-0.25, -0.2) is 0 Å². The molecule has 1 fully saturated rings. The van der Waals surface area contributed by atoms with Crippen LogP contribution >= 0.6 is 0 Å². The molecule has 0 radical (unpaired) electrons. The zero-order valence-corrected chi connectivity index (χ0v) is 10.8. The van der Waals surface area contributed by atoms with Crippen LogP contribution in [0, 0.1) is 5.92 Å². The monoisotopic (exact) mass is 235 g/mol. The van der Waals surface area contributed by atoms with E-state index in [2.05, 4.69) is 6.92 Å². The summed E-state index contributed by atoms with van der Waals surface area (Å²) in [6.45, 7) is 2.25. The first-order chi connectivity index (χ1) is 8.10. The number of benzene rings is 1. The molecule has 2 rings (SSSR count). The second-order valence-corrected chi connectivity index (χ2v) is 5.04. The van der Waals surface area contributed by atoms with Crippen molar-refractivity contribution in [2.45, 2.75) is 31.7 Å². The molecule has 0 aromatic heterocycles. The fraction of sp³-hybridized carbons (Fsp3) is 0.571. The molecule has 3 nitrogen and oxygen atoms in total. The van der Waals surface area contributed by atoms with E-state index >= 15 is 0 Å². The van der Waals surface area contributed by atoms with Gasteiger partial charge < -0.3 is 15.2 Å². The van der Waals surface area contributed by atoms with Crippen LogP contribution in [0.4, 0.5) is 0 Å². The van der Waals surface area contributed by atoms with Crippen molar-refractivity contribution in [3.05, 3.63) is 23.8 Å². The lowest BCUT2D eigenvalue weighted by Gasteiger charge is -2.28. The van der Waals surface area contributed by atoms with Crippen LogP contribution in [0.5, 0.6) is 11.5 Å². The predicted octanol–water partition coefficient (Wildman–Crippen LogP) is 2.68. The maximum atomic E-state index is 6.56. The molecule has 17 heavy (non-hydrogen) atoms. The summed E-state index contributed by atoms with van der Waals surface area (Å²) in [5, 5.41) is 0. The first kappa shape index (κ1) is 12.2. The standard InChI is InChI=1S/C14H21NO2/c1-10-7-8-14(15,9-10)13-11(16-2)5-4-6-12(13)17-3/h4-6,10H,7-9,15H2,1-3H3. The van der Waals surface area contributed by atoms with Gasteiger partial charge in [0.25, 0.3) is 0 Å². The van der Waals surface area contributed by atoms with E-state index in [1.165, 1.54) is 0 Å². The normalized spacial score (nSPS) is 28.1. The van der Waals surface area contributed by atoms with Gasteiger partial charge in [-0.1, -0.05) is 13.0 Å². The van der Waals surface area contributed by atoms with Gasteiger partial charge in [0.1, 0.15) is 11.5 Å². The van der Waals surface area contributed by atoms with E-state index in [1.807, 2.05) is 18.2 Å². The third-order valence-electron chi connectivity index (χ3n) is 3.72. The highest BCUT2D eigenvalue weighted by Gasteiger charge is 2.39. The molecule has 1 aromatic carbocycles. The summed E-state index contributed by atoms with van der Waals surface area (Å²) in [4.78, 5) is 0. The van der Waals surface area contributed by atoms with Gasteiger partial charge in [-0.15, -0.1) is 0 Å². The molecule has 0 heterocycles. The Bertz CT molecular complexity index is 383. The van der Waals surface area contributed by atoms with Crippen molar-refractivity contribution in [3.8, 4) is 11.5 Å². The van der Waals surface area contributed by atoms with Gasteiger partial charge in [0.2, 0.25) is 0 Å². The summed E-state index contributed by atoms with van der Waals surface area (Å²) in [5.74, 6) is 2.33. The molecule has 0 bridgehead atoms. The van der Waals surface area contributed by atoms with Crippen molar-refractivity contribution in [1.82, 2.24) is 0 Å². The quantitative estimate of drug-likeness (QED) is 0.876. The third-order valence-corrected chi connectivity index (χ3v) is 3.72. The first-order valence-electron chi connectivity index (χ1n) is 6.11. The number of hydrogen-bond donors (Lipinski definition) is 1. The van der Waals surface area contributed by atoms with E-state index in [-0.39, 0.29) is 5.54 Å². The lowest BCUT2D eigenvalue weighted by atomic mass is 9.87. The molecule has 1 aromatic rings. The minimum atomic E-state index is -0.308. The number of nitrogens with two attached hydrogens (primary N) is 1.